The number of nitrogens with zero attached hydrogens (tertiary/aromatic N) is 9. The van der Waals surface area contributed by atoms with E-state index in [-0.39, 0.29) is 17.6 Å². The molecule has 9 rings (SSSR count). The molecule has 0 saturated carbocycles. The Balaban J connectivity index is 1.02. The summed E-state index contributed by atoms with van der Waals surface area (Å²) in [7, 11) is 0. The fraction of sp³-hybridized carbons (Fsp3) is 0.378. The van der Waals surface area contributed by atoms with E-state index in [4.69, 9.17) is 9.72 Å². The van der Waals surface area contributed by atoms with Crippen molar-refractivity contribution in [1.82, 2.24) is 38.4 Å². The summed E-state index contributed by atoms with van der Waals surface area (Å²) >= 11 is 0. The lowest BCUT2D eigenvalue weighted by Gasteiger charge is -2.46. The van der Waals surface area contributed by atoms with Crippen molar-refractivity contribution in [3.8, 4) is 16.9 Å². The van der Waals surface area contributed by atoms with Crippen molar-refractivity contribution in [2.75, 3.05) is 43.1 Å². The summed E-state index contributed by atoms with van der Waals surface area (Å²) in [5.41, 5.74) is 7.49. The third kappa shape index (κ3) is 5.15. The molecule has 2 fully saturated rings. The molecule has 6 aromatic heterocycles. The van der Waals surface area contributed by atoms with Gasteiger partial charge < -0.3 is 24.5 Å². The highest BCUT2D eigenvalue weighted by Crippen LogP contribution is 2.38. The summed E-state index contributed by atoms with van der Waals surface area (Å²) in [6.45, 7) is 11.1. The maximum atomic E-state index is 13.9. The van der Waals surface area contributed by atoms with E-state index in [1.807, 2.05) is 47.3 Å². The number of piperazine rings is 1. The quantitative estimate of drug-likeness (QED) is 0.258. The monoisotopic (exact) mass is 672 g/mol. The Morgan fingerprint density at radius 3 is 2.70 bits per heavy atom. The number of aliphatic hydroxyl groups is 1. The predicted octanol–water partition coefficient (Wildman–Crippen LogP) is 3.86. The van der Waals surface area contributed by atoms with E-state index in [2.05, 4.69) is 57.0 Å². The zero-order chi connectivity index (χ0) is 34.1. The SMILES string of the molecule is C[C@H]1CN(C2COC2)CCN1c1ccc(Nc2cc(-c3ccnc(-n4ccn5c6c(cc5c4=O)CC(C)(C)C6)c3CO)cn3ncnc23)nc1. The maximum absolute atomic E-state index is 13.9. The Hall–Kier alpha value is -5.11. The van der Waals surface area contributed by atoms with Crippen LogP contribution >= 0.6 is 0 Å². The first kappa shape index (κ1) is 30.9. The third-order valence-corrected chi connectivity index (χ3v) is 10.6. The highest BCUT2D eigenvalue weighted by atomic mass is 16.5. The van der Waals surface area contributed by atoms with Gasteiger partial charge in [-0.25, -0.2) is 19.5 Å². The van der Waals surface area contributed by atoms with Crippen LogP contribution in [0.3, 0.4) is 0 Å². The van der Waals surface area contributed by atoms with E-state index >= 15 is 0 Å². The lowest BCUT2D eigenvalue weighted by Crippen LogP contribution is -2.59. The molecule has 2 aliphatic heterocycles. The van der Waals surface area contributed by atoms with Gasteiger partial charge in [0.2, 0.25) is 0 Å². The molecule has 256 valence electrons. The van der Waals surface area contributed by atoms with Gasteiger partial charge in [0.05, 0.1) is 43.4 Å². The van der Waals surface area contributed by atoms with Gasteiger partial charge in [0, 0.05) is 67.3 Å². The fourth-order valence-corrected chi connectivity index (χ4v) is 8.01. The van der Waals surface area contributed by atoms with E-state index in [9.17, 15) is 9.90 Å². The molecule has 1 atom stereocenters. The number of anilines is 3. The Bertz CT molecular complexity index is 2300. The van der Waals surface area contributed by atoms with Crippen LogP contribution in [-0.2, 0) is 24.2 Å². The molecule has 0 bridgehead atoms. The number of hydrogen-bond donors (Lipinski definition) is 2. The number of ether oxygens (including phenoxy) is 1. The third-order valence-electron chi connectivity index (χ3n) is 10.6. The summed E-state index contributed by atoms with van der Waals surface area (Å²) in [6, 6.07) is 10.8. The minimum atomic E-state index is -0.315. The van der Waals surface area contributed by atoms with Crippen LogP contribution in [0.2, 0.25) is 0 Å². The van der Waals surface area contributed by atoms with Gasteiger partial charge in [-0.3, -0.25) is 14.3 Å². The lowest BCUT2D eigenvalue weighted by atomic mass is 9.90. The topological polar surface area (TPSA) is 130 Å². The Kier molecular flexibility index (Phi) is 7.27. The van der Waals surface area contributed by atoms with Crippen LogP contribution in [0.4, 0.5) is 17.2 Å². The van der Waals surface area contributed by atoms with Crippen LogP contribution in [0.5, 0.6) is 0 Å². The molecular weight excluding hydrogens is 632 g/mol. The van der Waals surface area contributed by atoms with Crippen LogP contribution in [0, 0.1) is 5.41 Å². The average molecular weight is 673 g/mol. The van der Waals surface area contributed by atoms with Gasteiger partial charge in [-0.05, 0) is 66.6 Å². The zero-order valence-corrected chi connectivity index (χ0v) is 28.5. The number of rotatable bonds is 7. The first-order valence-electron chi connectivity index (χ1n) is 17.3. The lowest BCUT2D eigenvalue weighted by molar-refractivity contribution is -0.0691. The van der Waals surface area contributed by atoms with Crippen molar-refractivity contribution in [3.63, 3.8) is 0 Å². The number of aromatic nitrogens is 7. The summed E-state index contributed by atoms with van der Waals surface area (Å²) in [6.07, 6.45) is 12.5. The smallest absolute Gasteiger partial charge is 0.280 e. The van der Waals surface area contributed by atoms with Crippen LogP contribution in [0.1, 0.15) is 37.6 Å². The minimum Gasteiger partial charge on any atom is -0.392 e. The molecule has 13 nitrogen and oxygen atoms in total. The van der Waals surface area contributed by atoms with Crippen LogP contribution in [0.25, 0.3) is 28.1 Å². The van der Waals surface area contributed by atoms with Crippen molar-refractivity contribution in [2.24, 2.45) is 5.41 Å². The minimum absolute atomic E-state index is 0.174. The molecule has 50 heavy (non-hydrogen) atoms. The number of nitrogens with one attached hydrogen (secondary N) is 1. The van der Waals surface area contributed by atoms with Crippen molar-refractivity contribution in [1.29, 1.82) is 0 Å². The van der Waals surface area contributed by atoms with Gasteiger partial charge in [-0.1, -0.05) is 13.8 Å². The standard InChI is InChI=1S/C37H40N10O3/c1-23-17-43(27-20-50-21-27)8-9-44(23)26-4-5-33(39-16-26)42-30-12-25(18-47-35(30)40-22-41-47)28-6-7-38-34(29(28)19-48)46-11-10-45-31(36(46)49)13-24-14-37(2,3)15-32(24)45/h4-7,10-13,16,18,22-23,27,48H,8-9,14-15,17,19-21H2,1-3H3,(H,39,42)/t23-/m0/s1. The van der Waals surface area contributed by atoms with Crippen molar-refractivity contribution in [2.45, 2.75) is 52.3 Å². The molecule has 13 heteroatoms. The zero-order valence-electron chi connectivity index (χ0n) is 28.5. The molecule has 3 aliphatic rings. The highest BCUT2D eigenvalue weighted by molar-refractivity contribution is 5.80. The Morgan fingerprint density at radius 2 is 1.94 bits per heavy atom. The van der Waals surface area contributed by atoms with E-state index < -0.39 is 0 Å². The molecule has 0 spiro atoms. The highest BCUT2D eigenvalue weighted by Gasteiger charge is 2.33. The molecule has 2 N–H and O–H groups in total. The molecule has 0 aromatic carbocycles. The van der Waals surface area contributed by atoms with E-state index in [1.165, 1.54) is 22.2 Å². The molecule has 2 saturated heterocycles. The first-order valence-corrected chi connectivity index (χ1v) is 17.3. The number of fused-ring (bicyclic) bond motifs is 4. The van der Waals surface area contributed by atoms with E-state index in [0.29, 0.717) is 46.1 Å². The molecule has 0 amide bonds. The average Bonchev–Trinajstić information content (AvgIpc) is 3.77. The maximum Gasteiger partial charge on any atom is 0.280 e. The van der Waals surface area contributed by atoms with Crippen LogP contribution in [-0.4, -0.2) is 88.5 Å². The Morgan fingerprint density at radius 1 is 1.06 bits per heavy atom. The van der Waals surface area contributed by atoms with Crippen molar-refractivity contribution in [3.05, 3.63) is 94.8 Å². The normalized spacial score (nSPS) is 19.3. The second kappa shape index (κ2) is 11.8. The first-order chi connectivity index (χ1) is 24.3. The fourth-order valence-electron chi connectivity index (χ4n) is 8.01. The van der Waals surface area contributed by atoms with Crippen molar-refractivity contribution < 1.29 is 9.84 Å². The molecule has 1 aliphatic carbocycles. The number of pyridine rings is 3. The second-order valence-electron chi connectivity index (χ2n) is 14.6. The van der Waals surface area contributed by atoms with Gasteiger partial charge in [0.15, 0.2) is 5.65 Å². The summed E-state index contributed by atoms with van der Waals surface area (Å²) < 4.78 is 10.6. The second-order valence-corrected chi connectivity index (χ2v) is 14.6. The van der Waals surface area contributed by atoms with E-state index in [0.717, 1.165) is 62.5 Å². The van der Waals surface area contributed by atoms with Gasteiger partial charge in [-0.2, -0.15) is 5.10 Å². The summed E-state index contributed by atoms with van der Waals surface area (Å²) in [4.78, 5) is 32.7. The molecule has 6 aromatic rings. The van der Waals surface area contributed by atoms with E-state index in [1.54, 1.807) is 16.9 Å². The van der Waals surface area contributed by atoms with Crippen LogP contribution < -0.4 is 15.8 Å². The molecule has 0 radical (unpaired) electrons. The summed E-state index contributed by atoms with van der Waals surface area (Å²) in [5, 5.41) is 18.6. The van der Waals surface area contributed by atoms with Gasteiger partial charge in [0.1, 0.15) is 23.5 Å². The molecule has 8 heterocycles. The Labute approximate surface area is 288 Å². The largest absolute Gasteiger partial charge is 0.392 e. The van der Waals surface area contributed by atoms with Crippen LogP contribution in [0.15, 0.2) is 72.4 Å². The van der Waals surface area contributed by atoms with Gasteiger partial charge in [-0.15, -0.1) is 0 Å². The van der Waals surface area contributed by atoms with Gasteiger partial charge in [0.25, 0.3) is 5.56 Å². The predicted molar refractivity (Wildman–Crippen MR) is 190 cm³/mol. The number of aliphatic hydroxyl groups excluding tert-OH is 1. The van der Waals surface area contributed by atoms with Gasteiger partial charge >= 0.3 is 0 Å². The molecular formula is C37H40N10O3. The number of hydrogen-bond acceptors (Lipinski definition) is 10. The van der Waals surface area contributed by atoms with Crippen molar-refractivity contribution >= 4 is 28.4 Å². The molecule has 0 unspecified atom stereocenters. The summed E-state index contributed by atoms with van der Waals surface area (Å²) in [5.74, 6) is 1.06.